The second kappa shape index (κ2) is 39.9. The molecule has 0 fully saturated rings. The number of allylic oxidation sites excluding steroid dienone is 1. The lowest BCUT2D eigenvalue weighted by Gasteiger charge is -2.23. The Morgan fingerprint density at radius 3 is 1.37 bits per heavy atom. The van der Waals surface area contributed by atoms with Crippen molar-refractivity contribution in [3.05, 3.63) is 12.2 Å². The minimum atomic E-state index is -4.33. The molecule has 0 bridgehead atoms. The number of rotatable bonds is 42. The van der Waals surface area contributed by atoms with Crippen LogP contribution < -0.4 is 11.1 Å². The zero-order chi connectivity index (χ0) is 38.2. The normalized spacial score (nSPS) is 14.2. The Kier molecular flexibility index (Phi) is 39.3. The van der Waals surface area contributed by atoms with Crippen LogP contribution in [0.3, 0.4) is 0 Å². The fraction of sp³-hybridized carbons (Fsp3) is 0.930. The Labute approximate surface area is 322 Å². The Balaban J connectivity index is 4.15. The Morgan fingerprint density at radius 2 is 0.981 bits per heavy atom. The molecule has 0 rings (SSSR count). The minimum absolute atomic E-state index is 0.0814. The molecule has 0 aliphatic carbocycles. The van der Waals surface area contributed by atoms with Gasteiger partial charge in [-0.3, -0.25) is 13.8 Å². The number of phosphoric acid groups is 1. The van der Waals surface area contributed by atoms with E-state index < -0.39 is 20.0 Å². The van der Waals surface area contributed by atoms with Crippen LogP contribution in [-0.4, -0.2) is 47.8 Å². The number of aliphatic hydroxyl groups excluding tert-OH is 1. The minimum Gasteiger partial charge on any atom is -0.387 e. The van der Waals surface area contributed by atoms with Crippen LogP contribution in [0.25, 0.3) is 0 Å². The lowest BCUT2D eigenvalue weighted by Crippen LogP contribution is -2.45. The summed E-state index contributed by atoms with van der Waals surface area (Å²) in [5, 5.41) is 13.7. The van der Waals surface area contributed by atoms with E-state index in [1.165, 1.54) is 167 Å². The van der Waals surface area contributed by atoms with Crippen LogP contribution in [0.4, 0.5) is 0 Å². The number of carbonyl (C=O) groups excluding carboxylic acids is 1. The molecule has 0 aliphatic rings. The molecular formula is C43H87N2O6P. The van der Waals surface area contributed by atoms with Crippen LogP contribution in [0.1, 0.15) is 226 Å². The molecule has 0 heterocycles. The maximum absolute atomic E-state index is 12.7. The molecule has 0 radical (unpaired) electrons. The first-order valence-corrected chi connectivity index (χ1v) is 23.8. The van der Waals surface area contributed by atoms with Crippen molar-refractivity contribution in [1.29, 1.82) is 0 Å². The summed E-state index contributed by atoms with van der Waals surface area (Å²) in [6.07, 6.45) is 44.0. The van der Waals surface area contributed by atoms with Gasteiger partial charge >= 0.3 is 7.82 Å². The molecule has 0 saturated heterocycles. The summed E-state index contributed by atoms with van der Waals surface area (Å²) in [6, 6.07) is -0.854. The van der Waals surface area contributed by atoms with Gasteiger partial charge in [0.2, 0.25) is 5.91 Å². The molecule has 1 amide bonds. The molecule has 52 heavy (non-hydrogen) atoms. The van der Waals surface area contributed by atoms with E-state index in [2.05, 4.69) is 19.2 Å². The van der Waals surface area contributed by atoms with Crippen LogP contribution in [-0.2, 0) is 18.4 Å². The van der Waals surface area contributed by atoms with E-state index in [4.69, 9.17) is 14.8 Å². The van der Waals surface area contributed by atoms with Gasteiger partial charge in [-0.2, -0.15) is 0 Å². The third kappa shape index (κ3) is 37.6. The van der Waals surface area contributed by atoms with Gasteiger partial charge in [-0.05, 0) is 19.3 Å². The topological polar surface area (TPSA) is 131 Å². The van der Waals surface area contributed by atoms with E-state index in [1.807, 2.05) is 6.08 Å². The average Bonchev–Trinajstić information content (AvgIpc) is 3.13. The van der Waals surface area contributed by atoms with E-state index in [9.17, 15) is 19.4 Å². The number of unbranched alkanes of at least 4 members (excludes halogenated alkanes) is 30. The number of hydrogen-bond donors (Lipinski definition) is 4. The van der Waals surface area contributed by atoms with Gasteiger partial charge in [-0.1, -0.05) is 212 Å². The van der Waals surface area contributed by atoms with E-state index in [0.29, 0.717) is 6.42 Å². The van der Waals surface area contributed by atoms with Gasteiger partial charge < -0.3 is 21.1 Å². The van der Waals surface area contributed by atoms with Gasteiger partial charge in [0.05, 0.1) is 25.4 Å². The van der Waals surface area contributed by atoms with Crippen LogP contribution in [0.2, 0.25) is 0 Å². The zero-order valence-electron chi connectivity index (χ0n) is 34.3. The first kappa shape index (κ1) is 51.2. The van der Waals surface area contributed by atoms with Gasteiger partial charge in [-0.15, -0.1) is 0 Å². The first-order chi connectivity index (χ1) is 25.4. The highest BCUT2D eigenvalue weighted by Gasteiger charge is 2.26. The standard InChI is InChI=1S/C43H87N2O6P/c1-3-5-7-9-11-13-15-17-18-19-20-21-22-23-25-26-28-30-32-34-36-42(46)41(40-51-52(48,49)50-39-38-44)45-43(47)37-35-33-31-29-27-24-16-14-12-10-8-6-4-2/h34,36,41-42,46H,3-33,35,37-40,44H2,1-2H3,(H,45,47)(H,48,49)/b36-34+. The summed E-state index contributed by atoms with van der Waals surface area (Å²) in [5.41, 5.74) is 5.37. The second-order valence-corrected chi connectivity index (χ2v) is 16.7. The summed E-state index contributed by atoms with van der Waals surface area (Å²) in [7, 11) is -4.33. The second-order valence-electron chi connectivity index (χ2n) is 15.3. The summed E-state index contributed by atoms with van der Waals surface area (Å²) >= 11 is 0. The number of carbonyl (C=O) groups is 1. The number of nitrogens with one attached hydrogen (secondary N) is 1. The van der Waals surface area contributed by atoms with E-state index in [-0.39, 0.29) is 25.7 Å². The van der Waals surface area contributed by atoms with Crippen molar-refractivity contribution < 1.29 is 28.4 Å². The molecule has 5 N–H and O–H groups in total. The van der Waals surface area contributed by atoms with Gasteiger partial charge in [0.15, 0.2) is 0 Å². The smallest absolute Gasteiger partial charge is 0.387 e. The summed E-state index contributed by atoms with van der Waals surface area (Å²) in [4.78, 5) is 22.7. The highest BCUT2D eigenvalue weighted by atomic mass is 31.2. The number of hydrogen-bond acceptors (Lipinski definition) is 6. The molecule has 8 nitrogen and oxygen atoms in total. The Bertz CT molecular complexity index is 829. The predicted octanol–water partition coefficient (Wildman–Crippen LogP) is 12.4. The van der Waals surface area contributed by atoms with Crippen molar-refractivity contribution in [3.63, 3.8) is 0 Å². The maximum Gasteiger partial charge on any atom is 0.472 e. The Hall–Kier alpha value is -0.760. The van der Waals surface area contributed by atoms with Crippen molar-refractivity contribution in [2.24, 2.45) is 5.73 Å². The molecule has 9 heteroatoms. The summed E-state index contributed by atoms with van der Waals surface area (Å²) in [5.74, 6) is -0.191. The monoisotopic (exact) mass is 759 g/mol. The highest BCUT2D eigenvalue weighted by molar-refractivity contribution is 7.47. The largest absolute Gasteiger partial charge is 0.472 e. The van der Waals surface area contributed by atoms with Gasteiger partial charge in [0.25, 0.3) is 0 Å². The number of phosphoric ester groups is 1. The number of amides is 1. The van der Waals surface area contributed by atoms with Crippen LogP contribution in [0.15, 0.2) is 12.2 Å². The van der Waals surface area contributed by atoms with Crippen molar-refractivity contribution >= 4 is 13.7 Å². The molecule has 3 atom stereocenters. The molecule has 0 aliphatic heterocycles. The fourth-order valence-electron chi connectivity index (χ4n) is 6.72. The van der Waals surface area contributed by atoms with Crippen LogP contribution in [0.5, 0.6) is 0 Å². The number of nitrogens with two attached hydrogens (primary N) is 1. The maximum atomic E-state index is 12.7. The quantitative estimate of drug-likeness (QED) is 0.0277. The zero-order valence-corrected chi connectivity index (χ0v) is 35.2. The molecule has 0 spiro atoms. The van der Waals surface area contributed by atoms with E-state index in [1.54, 1.807) is 6.08 Å². The molecule has 0 aromatic carbocycles. The van der Waals surface area contributed by atoms with Gasteiger partial charge in [0, 0.05) is 13.0 Å². The fourth-order valence-corrected chi connectivity index (χ4v) is 7.48. The third-order valence-corrected chi connectivity index (χ3v) is 11.1. The van der Waals surface area contributed by atoms with Crippen LogP contribution in [0, 0.1) is 0 Å². The SMILES string of the molecule is CCCCCCCCCCCCCCCCCCCC/C=C/C(O)C(COP(=O)(O)OCCN)NC(=O)CCCCCCCCCCCCCCC. The van der Waals surface area contributed by atoms with E-state index in [0.717, 1.165) is 38.5 Å². The van der Waals surface area contributed by atoms with Gasteiger partial charge in [0.1, 0.15) is 0 Å². The highest BCUT2D eigenvalue weighted by Crippen LogP contribution is 2.43. The summed E-state index contributed by atoms with van der Waals surface area (Å²) in [6.45, 7) is 4.16. The van der Waals surface area contributed by atoms with Crippen LogP contribution >= 0.6 is 7.82 Å². The lowest BCUT2D eigenvalue weighted by atomic mass is 10.0. The van der Waals surface area contributed by atoms with Crippen molar-refractivity contribution in [2.75, 3.05) is 19.8 Å². The van der Waals surface area contributed by atoms with Crippen molar-refractivity contribution in [1.82, 2.24) is 5.32 Å². The summed E-state index contributed by atoms with van der Waals surface area (Å²) < 4.78 is 22.1. The molecule has 0 saturated carbocycles. The van der Waals surface area contributed by atoms with E-state index >= 15 is 0 Å². The molecule has 0 aromatic rings. The molecule has 310 valence electrons. The first-order valence-electron chi connectivity index (χ1n) is 22.3. The predicted molar refractivity (Wildman–Crippen MR) is 222 cm³/mol. The third-order valence-electron chi connectivity index (χ3n) is 10.1. The number of aliphatic hydroxyl groups is 1. The molecule has 0 aromatic heterocycles. The molecule has 3 unspecified atom stereocenters. The Morgan fingerprint density at radius 1 is 0.615 bits per heavy atom. The molecular weight excluding hydrogens is 671 g/mol. The van der Waals surface area contributed by atoms with Gasteiger partial charge in [-0.25, -0.2) is 4.57 Å². The average molecular weight is 759 g/mol. The lowest BCUT2D eigenvalue weighted by molar-refractivity contribution is -0.123. The van der Waals surface area contributed by atoms with Crippen molar-refractivity contribution in [3.8, 4) is 0 Å². The van der Waals surface area contributed by atoms with Crippen molar-refractivity contribution in [2.45, 2.75) is 238 Å².